The highest BCUT2D eigenvalue weighted by molar-refractivity contribution is 5.08. The maximum absolute atomic E-state index is 5.75. The minimum atomic E-state index is 0.576. The van der Waals surface area contributed by atoms with Crippen LogP contribution in [0.5, 0.6) is 0 Å². The van der Waals surface area contributed by atoms with Crippen molar-refractivity contribution in [1.29, 1.82) is 0 Å². The first-order valence-electron chi connectivity index (χ1n) is 7.24. The van der Waals surface area contributed by atoms with Crippen LogP contribution in [-0.2, 0) is 6.54 Å². The van der Waals surface area contributed by atoms with Crippen molar-refractivity contribution < 1.29 is 0 Å². The van der Waals surface area contributed by atoms with Crippen molar-refractivity contribution in [3.63, 3.8) is 0 Å². The smallest absolute Gasteiger partial charge is 0.0312 e. The Morgan fingerprint density at radius 1 is 1.47 bits per heavy atom. The second-order valence-electron chi connectivity index (χ2n) is 5.64. The van der Waals surface area contributed by atoms with Gasteiger partial charge in [0, 0.05) is 37.6 Å². The highest BCUT2D eigenvalue weighted by Crippen LogP contribution is 2.18. The molecule has 1 aliphatic heterocycles. The van der Waals surface area contributed by atoms with Gasteiger partial charge in [-0.15, -0.1) is 0 Å². The van der Waals surface area contributed by atoms with Gasteiger partial charge in [-0.2, -0.15) is 0 Å². The van der Waals surface area contributed by atoms with Gasteiger partial charge in [0.05, 0.1) is 0 Å². The van der Waals surface area contributed by atoms with Gasteiger partial charge in [-0.25, -0.2) is 0 Å². The summed E-state index contributed by atoms with van der Waals surface area (Å²) in [7, 11) is 2.22. The van der Waals surface area contributed by atoms with Crippen LogP contribution < -0.4 is 5.73 Å². The molecule has 4 nitrogen and oxygen atoms in total. The third kappa shape index (κ3) is 4.00. The van der Waals surface area contributed by atoms with Crippen molar-refractivity contribution in [2.75, 3.05) is 26.7 Å². The summed E-state index contributed by atoms with van der Waals surface area (Å²) >= 11 is 0. The Balaban J connectivity index is 2.04. The molecule has 0 aromatic carbocycles. The SMILES string of the molecule is CC1CCN(C)C(CCN)CN1Cc1cccnc1. The molecule has 19 heavy (non-hydrogen) atoms. The molecule has 1 fully saturated rings. The topological polar surface area (TPSA) is 45.4 Å². The van der Waals surface area contributed by atoms with Crippen LogP contribution in [0.3, 0.4) is 0 Å². The zero-order valence-corrected chi connectivity index (χ0v) is 12.1. The summed E-state index contributed by atoms with van der Waals surface area (Å²) in [6, 6.07) is 5.37. The molecule has 2 atom stereocenters. The molecule has 1 saturated heterocycles. The van der Waals surface area contributed by atoms with Gasteiger partial charge in [0.25, 0.3) is 0 Å². The molecule has 4 heteroatoms. The highest BCUT2D eigenvalue weighted by Gasteiger charge is 2.25. The molecule has 0 spiro atoms. The largest absolute Gasteiger partial charge is 0.330 e. The maximum Gasteiger partial charge on any atom is 0.0312 e. The average molecular weight is 262 g/mol. The number of pyridine rings is 1. The van der Waals surface area contributed by atoms with Gasteiger partial charge in [-0.05, 0) is 51.5 Å². The number of likely N-dealkylation sites (N-methyl/N-ethyl adjacent to an activating group) is 1. The lowest BCUT2D eigenvalue weighted by molar-refractivity contribution is 0.169. The summed E-state index contributed by atoms with van der Waals surface area (Å²) in [6.45, 7) is 6.35. The van der Waals surface area contributed by atoms with Crippen molar-refractivity contribution in [3.05, 3.63) is 30.1 Å². The molecule has 0 radical (unpaired) electrons. The van der Waals surface area contributed by atoms with E-state index >= 15 is 0 Å². The van der Waals surface area contributed by atoms with E-state index in [2.05, 4.69) is 34.8 Å². The van der Waals surface area contributed by atoms with Crippen LogP contribution >= 0.6 is 0 Å². The fourth-order valence-corrected chi connectivity index (χ4v) is 2.80. The first-order chi connectivity index (χ1) is 9.20. The van der Waals surface area contributed by atoms with Gasteiger partial charge < -0.3 is 10.6 Å². The third-order valence-corrected chi connectivity index (χ3v) is 4.20. The van der Waals surface area contributed by atoms with E-state index in [0.29, 0.717) is 12.1 Å². The summed E-state index contributed by atoms with van der Waals surface area (Å²) in [5.74, 6) is 0. The van der Waals surface area contributed by atoms with Crippen LogP contribution in [0, 0.1) is 0 Å². The summed E-state index contributed by atoms with van der Waals surface area (Å²) in [4.78, 5) is 9.25. The zero-order chi connectivity index (χ0) is 13.7. The molecule has 1 aliphatic rings. The van der Waals surface area contributed by atoms with Crippen molar-refractivity contribution in [2.45, 2.75) is 38.4 Å². The normalized spacial score (nSPS) is 26.3. The number of hydrogen-bond acceptors (Lipinski definition) is 4. The van der Waals surface area contributed by atoms with Crippen LogP contribution in [0.15, 0.2) is 24.5 Å². The quantitative estimate of drug-likeness (QED) is 0.889. The van der Waals surface area contributed by atoms with Crippen molar-refractivity contribution in [1.82, 2.24) is 14.8 Å². The van der Waals surface area contributed by atoms with Gasteiger partial charge in [-0.1, -0.05) is 6.07 Å². The molecule has 2 rings (SSSR count). The number of rotatable bonds is 4. The van der Waals surface area contributed by atoms with E-state index in [1.807, 2.05) is 18.5 Å². The Hall–Kier alpha value is -0.970. The fourth-order valence-electron chi connectivity index (χ4n) is 2.80. The zero-order valence-electron chi connectivity index (χ0n) is 12.1. The predicted molar refractivity (Wildman–Crippen MR) is 78.8 cm³/mol. The Labute approximate surface area is 116 Å². The molecule has 0 amide bonds. The number of nitrogens with two attached hydrogens (primary N) is 1. The van der Waals surface area contributed by atoms with Crippen molar-refractivity contribution in [3.8, 4) is 0 Å². The molecular weight excluding hydrogens is 236 g/mol. The number of nitrogens with zero attached hydrogens (tertiary/aromatic N) is 3. The molecule has 2 N–H and O–H groups in total. The van der Waals surface area contributed by atoms with Crippen LogP contribution in [0.25, 0.3) is 0 Å². The van der Waals surface area contributed by atoms with E-state index in [0.717, 1.165) is 32.6 Å². The van der Waals surface area contributed by atoms with Crippen molar-refractivity contribution in [2.24, 2.45) is 5.73 Å². The Morgan fingerprint density at radius 3 is 3.00 bits per heavy atom. The first-order valence-corrected chi connectivity index (χ1v) is 7.24. The van der Waals surface area contributed by atoms with Gasteiger partial charge in [0.1, 0.15) is 0 Å². The van der Waals surface area contributed by atoms with Gasteiger partial charge >= 0.3 is 0 Å². The second kappa shape index (κ2) is 6.98. The first kappa shape index (κ1) is 14.4. The molecule has 0 bridgehead atoms. The molecule has 106 valence electrons. The van der Waals surface area contributed by atoms with Crippen LogP contribution in [0.2, 0.25) is 0 Å². The van der Waals surface area contributed by atoms with Crippen molar-refractivity contribution >= 4 is 0 Å². The van der Waals surface area contributed by atoms with Crippen LogP contribution in [-0.4, -0.2) is 53.5 Å². The molecule has 2 heterocycles. The van der Waals surface area contributed by atoms with Gasteiger partial charge in [0.15, 0.2) is 0 Å². The molecule has 2 unspecified atom stereocenters. The summed E-state index contributed by atoms with van der Waals surface area (Å²) in [5, 5.41) is 0. The highest BCUT2D eigenvalue weighted by atomic mass is 15.2. The lowest BCUT2D eigenvalue weighted by Crippen LogP contribution is -2.41. The van der Waals surface area contributed by atoms with E-state index in [-0.39, 0.29) is 0 Å². The molecule has 0 aliphatic carbocycles. The molecule has 0 saturated carbocycles. The third-order valence-electron chi connectivity index (χ3n) is 4.20. The molecule has 1 aromatic heterocycles. The van der Waals surface area contributed by atoms with Crippen LogP contribution in [0.4, 0.5) is 0 Å². The minimum Gasteiger partial charge on any atom is -0.330 e. The van der Waals surface area contributed by atoms with Crippen LogP contribution in [0.1, 0.15) is 25.3 Å². The van der Waals surface area contributed by atoms with E-state index in [1.165, 1.54) is 12.0 Å². The predicted octanol–water partition coefficient (Wildman–Crippen LogP) is 1.33. The van der Waals surface area contributed by atoms with E-state index in [9.17, 15) is 0 Å². The van der Waals surface area contributed by atoms with E-state index in [4.69, 9.17) is 5.73 Å². The lowest BCUT2D eigenvalue weighted by Gasteiger charge is -2.30. The van der Waals surface area contributed by atoms with E-state index in [1.54, 1.807) is 0 Å². The standard InChI is InChI=1S/C15H26N4/c1-13-6-9-18(2)15(5-7-16)12-19(13)11-14-4-3-8-17-10-14/h3-4,8,10,13,15H,5-7,9,11-12,16H2,1-2H3. The lowest BCUT2D eigenvalue weighted by atomic mass is 10.1. The van der Waals surface area contributed by atoms with E-state index < -0.39 is 0 Å². The van der Waals surface area contributed by atoms with Gasteiger partial charge in [-0.3, -0.25) is 9.88 Å². The number of aromatic nitrogens is 1. The fraction of sp³-hybridized carbons (Fsp3) is 0.667. The summed E-state index contributed by atoms with van der Waals surface area (Å²) in [5.41, 5.74) is 7.05. The Kier molecular flexibility index (Phi) is 5.31. The Bertz CT molecular complexity index is 368. The summed E-state index contributed by atoms with van der Waals surface area (Å²) in [6.07, 6.45) is 6.10. The Morgan fingerprint density at radius 2 is 2.32 bits per heavy atom. The average Bonchev–Trinajstić information content (AvgIpc) is 2.55. The minimum absolute atomic E-state index is 0.576. The second-order valence-corrected chi connectivity index (χ2v) is 5.64. The molecule has 1 aromatic rings. The summed E-state index contributed by atoms with van der Waals surface area (Å²) < 4.78 is 0. The maximum atomic E-state index is 5.75. The monoisotopic (exact) mass is 262 g/mol. The van der Waals surface area contributed by atoms with Gasteiger partial charge in [0.2, 0.25) is 0 Å². The molecular formula is C15H26N4. The number of hydrogen-bond donors (Lipinski definition) is 1.